The Morgan fingerprint density at radius 3 is 1.92 bits per heavy atom. The highest BCUT2D eigenvalue weighted by molar-refractivity contribution is 6.32. The monoisotopic (exact) mass is 546 g/mol. The Bertz CT molecular complexity index is 1480. The van der Waals surface area contributed by atoms with Crippen LogP contribution < -0.4 is 18.9 Å². The number of carbonyl (C=O) groups is 1. The molecule has 0 aliphatic rings. The van der Waals surface area contributed by atoms with Crippen molar-refractivity contribution in [2.45, 2.75) is 19.4 Å². The first-order valence-electron chi connectivity index (χ1n) is 12.4. The molecule has 202 valence electrons. The highest BCUT2D eigenvalue weighted by Crippen LogP contribution is 2.40. The quantitative estimate of drug-likeness (QED) is 0.209. The number of benzene rings is 4. The van der Waals surface area contributed by atoms with Gasteiger partial charge in [-0.25, -0.2) is 0 Å². The topological polar surface area (TPSA) is 74.2 Å². The summed E-state index contributed by atoms with van der Waals surface area (Å²) in [5, 5.41) is 10.1. The van der Waals surface area contributed by atoms with E-state index in [4.69, 9.17) is 30.5 Å². The molecule has 0 radical (unpaired) electrons. The fraction of sp³-hybridized carbons (Fsp3) is 0.219. The number of rotatable bonds is 11. The molecule has 4 rings (SSSR count). The SMILES string of the molecule is COc1cc(CCc2ccc(OC)c(-c3cc(C=O)ccc3OC)c2)c(-c2ccc(CO)cc2OC)cc1Cl. The van der Waals surface area contributed by atoms with E-state index in [-0.39, 0.29) is 6.61 Å². The van der Waals surface area contributed by atoms with Gasteiger partial charge in [-0.05, 0) is 83.6 Å². The van der Waals surface area contributed by atoms with E-state index in [0.717, 1.165) is 45.2 Å². The summed E-state index contributed by atoms with van der Waals surface area (Å²) in [5.41, 5.74) is 6.84. The number of hydrogen-bond donors (Lipinski definition) is 1. The van der Waals surface area contributed by atoms with Crippen LogP contribution in [-0.4, -0.2) is 39.8 Å². The summed E-state index contributed by atoms with van der Waals surface area (Å²) in [6, 6.07) is 20.8. The molecule has 1 N–H and O–H groups in total. The predicted octanol–water partition coefficient (Wildman–Crippen LogP) is 6.80. The Balaban J connectivity index is 1.75. The third kappa shape index (κ3) is 6.03. The van der Waals surface area contributed by atoms with Gasteiger partial charge >= 0.3 is 0 Å². The summed E-state index contributed by atoms with van der Waals surface area (Å²) in [5.74, 6) is 2.58. The lowest BCUT2D eigenvalue weighted by molar-refractivity contribution is 0.112. The van der Waals surface area contributed by atoms with Gasteiger partial charge in [-0.15, -0.1) is 0 Å². The molecule has 0 bridgehead atoms. The number of aldehydes is 1. The zero-order valence-electron chi connectivity index (χ0n) is 22.4. The smallest absolute Gasteiger partial charge is 0.150 e. The molecule has 0 aliphatic heterocycles. The first kappa shape index (κ1) is 28.0. The number of methoxy groups -OCH3 is 4. The molecule has 6 nitrogen and oxygen atoms in total. The van der Waals surface area contributed by atoms with Crippen molar-refractivity contribution in [3.63, 3.8) is 0 Å². The van der Waals surface area contributed by atoms with Gasteiger partial charge in [0.25, 0.3) is 0 Å². The van der Waals surface area contributed by atoms with E-state index in [1.807, 2.05) is 42.5 Å². The van der Waals surface area contributed by atoms with Crippen molar-refractivity contribution >= 4 is 17.9 Å². The number of aliphatic hydroxyl groups excluding tert-OH is 1. The Morgan fingerprint density at radius 2 is 1.28 bits per heavy atom. The fourth-order valence-corrected chi connectivity index (χ4v) is 4.92. The van der Waals surface area contributed by atoms with E-state index in [1.54, 1.807) is 46.6 Å². The maximum Gasteiger partial charge on any atom is 0.150 e. The average molecular weight is 547 g/mol. The van der Waals surface area contributed by atoms with Crippen LogP contribution in [0.5, 0.6) is 23.0 Å². The standard InChI is InChI=1S/C32H31ClO6/c1-36-29-11-7-20(13-26(29)27-14-21(18-34)8-12-30(27)37-2)5-9-23-16-32(39-4)28(33)17-25(23)24-10-6-22(19-35)15-31(24)38-3/h6-8,10-18,35H,5,9,19H2,1-4H3. The maximum absolute atomic E-state index is 11.5. The third-order valence-electron chi connectivity index (χ3n) is 6.71. The lowest BCUT2D eigenvalue weighted by Gasteiger charge is -2.17. The van der Waals surface area contributed by atoms with Crippen LogP contribution in [0.3, 0.4) is 0 Å². The molecule has 0 heterocycles. The Labute approximate surface area is 233 Å². The van der Waals surface area contributed by atoms with Crippen LogP contribution in [0.4, 0.5) is 0 Å². The number of ether oxygens (including phenoxy) is 4. The van der Waals surface area contributed by atoms with E-state index in [2.05, 4.69) is 6.07 Å². The van der Waals surface area contributed by atoms with Gasteiger partial charge in [0.05, 0.1) is 40.1 Å². The molecule has 0 aliphatic carbocycles. The second-order valence-corrected chi connectivity index (χ2v) is 9.36. The Morgan fingerprint density at radius 1 is 0.641 bits per heavy atom. The molecule has 0 spiro atoms. The second-order valence-electron chi connectivity index (χ2n) is 8.95. The van der Waals surface area contributed by atoms with E-state index < -0.39 is 0 Å². The van der Waals surface area contributed by atoms with Gasteiger partial charge in [-0.2, -0.15) is 0 Å². The molecule has 0 saturated heterocycles. The minimum atomic E-state index is -0.0762. The van der Waals surface area contributed by atoms with Gasteiger partial charge in [-0.3, -0.25) is 4.79 Å². The molecule has 0 saturated carbocycles. The van der Waals surface area contributed by atoms with E-state index in [1.165, 1.54) is 0 Å². The summed E-state index contributed by atoms with van der Waals surface area (Å²) in [6.07, 6.45) is 2.21. The van der Waals surface area contributed by atoms with Gasteiger partial charge < -0.3 is 24.1 Å². The van der Waals surface area contributed by atoms with Gasteiger partial charge in [0.15, 0.2) is 0 Å². The highest BCUT2D eigenvalue weighted by Gasteiger charge is 2.17. The number of aryl methyl sites for hydroxylation is 2. The van der Waals surface area contributed by atoms with Crippen molar-refractivity contribution in [1.29, 1.82) is 0 Å². The molecule has 4 aromatic carbocycles. The summed E-state index contributed by atoms with van der Waals surface area (Å²) < 4.78 is 22.4. The van der Waals surface area contributed by atoms with E-state index in [9.17, 15) is 9.90 Å². The second kappa shape index (κ2) is 12.7. The van der Waals surface area contributed by atoms with Crippen LogP contribution in [0.1, 0.15) is 27.0 Å². The lowest BCUT2D eigenvalue weighted by Crippen LogP contribution is -2.00. The van der Waals surface area contributed by atoms with Crippen LogP contribution in [0.25, 0.3) is 22.3 Å². The summed E-state index contributed by atoms with van der Waals surface area (Å²) in [6.45, 7) is -0.0762. The molecule has 0 atom stereocenters. The largest absolute Gasteiger partial charge is 0.496 e. The van der Waals surface area contributed by atoms with Crippen LogP contribution in [0, 0.1) is 0 Å². The van der Waals surface area contributed by atoms with Crippen LogP contribution in [0.2, 0.25) is 5.02 Å². The average Bonchev–Trinajstić information content (AvgIpc) is 2.99. The minimum Gasteiger partial charge on any atom is -0.496 e. The summed E-state index contributed by atoms with van der Waals surface area (Å²) >= 11 is 6.54. The zero-order valence-corrected chi connectivity index (χ0v) is 23.2. The normalized spacial score (nSPS) is 10.7. The van der Waals surface area contributed by atoms with Crippen molar-refractivity contribution in [3.8, 4) is 45.3 Å². The van der Waals surface area contributed by atoms with Crippen molar-refractivity contribution in [2.75, 3.05) is 28.4 Å². The first-order chi connectivity index (χ1) is 19.0. The third-order valence-corrected chi connectivity index (χ3v) is 7.01. The summed E-state index contributed by atoms with van der Waals surface area (Å²) in [4.78, 5) is 11.5. The molecule has 4 aromatic rings. The lowest BCUT2D eigenvalue weighted by atomic mass is 9.92. The van der Waals surface area contributed by atoms with Crippen molar-refractivity contribution in [1.82, 2.24) is 0 Å². The number of hydrogen-bond acceptors (Lipinski definition) is 6. The summed E-state index contributed by atoms with van der Waals surface area (Å²) in [7, 11) is 6.43. The zero-order chi connectivity index (χ0) is 27.9. The first-order valence-corrected chi connectivity index (χ1v) is 12.8. The van der Waals surface area contributed by atoms with Crippen molar-refractivity contribution in [2.24, 2.45) is 0 Å². The van der Waals surface area contributed by atoms with Crippen LogP contribution >= 0.6 is 11.6 Å². The Hall–Kier alpha value is -4.00. The minimum absolute atomic E-state index is 0.0762. The van der Waals surface area contributed by atoms with E-state index >= 15 is 0 Å². The van der Waals surface area contributed by atoms with Crippen molar-refractivity contribution in [3.05, 3.63) is 94.0 Å². The molecule has 39 heavy (non-hydrogen) atoms. The van der Waals surface area contributed by atoms with Gasteiger partial charge in [0, 0.05) is 22.3 Å². The van der Waals surface area contributed by atoms with Crippen LogP contribution in [0.15, 0.2) is 66.7 Å². The molecular weight excluding hydrogens is 516 g/mol. The molecule has 0 unspecified atom stereocenters. The molecule has 0 amide bonds. The van der Waals surface area contributed by atoms with Gasteiger partial charge in [-0.1, -0.05) is 29.8 Å². The molecule has 0 aromatic heterocycles. The van der Waals surface area contributed by atoms with E-state index in [0.29, 0.717) is 46.4 Å². The molecule has 7 heteroatoms. The fourth-order valence-electron chi connectivity index (χ4n) is 4.68. The number of halogens is 1. The number of aliphatic hydroxyl groups is 1. The maximum atomic E-state index is 11.5. The Kier molecular flexibility index (Phi) is 9.12. The highest BCUT2D eigenvalue weighted by atomic mass is 35.5. The van der Waals surface area contributed by atoms with Crippen LogP contribution in [-0.2, 0) is 19.4 Å². The molecule has 0 fully saturated rings. The van der Waals surface area contributed by atoms with Gasteiger partial charge in [0.1, 0.15) is 29.3 Å². The van der Waals surface area contributed by atoms with Crippen molar-refractivity contribution < 1.29 is 28.8 Å². The van der Waals surface area contributed by atoms with Gasteiger partial charge in [0.2, 0.25) is 0 Å². The predicted molar refractivity (Wildman–Crippen MR) is 154 cm³/mol. The molecular formula is C32H31ClO6. The number of carbonyl (C=O) groups excluding carboxylic acids is 1.